The number of piperidine rings is 1. The average molecular weight is 472 g/mol. The Hall–Kier alpha value is -2.16. The van der Waals surface area contributed by atoms with Crippen LogP contribution >= 0.6 is 0 Å². The van der Waals surface area contributed by atoms with E-state index in [1.807, 2.05) is 18.2 Å². The number of rotatable bonds is 8. The first-order valence-electron chi connectivity index (χ1n) is 13.0. The summed E-state index contributed by atoms with van der Waals surface area (Å²) in [5.74, 6) is 0.980. The number of nitrogens with one attached hydrogen (secondary N) is 2. The molecule has 5 rings (SSSR count). The molecule has 2 saturated heterocycles. The van der Waals surface area contributed by atoms with Gasteiger partial charge in [-0.15, -0.1) is 0 Å². The summed E-state index contributed by atoms with van der Waals surface area (Å²) in [6.45, 7) is 3.61. The van der Waals surface area contributed by atoms with Crippen molar-refractivity contribution in [3.05, 3.63) is 23.8 Å². The van der Waals surface area contributed by atoms with Gasteiger partial charge in [0.1, 0.15) is 18.0 Å². The summed E-state index contributed by atoms with van der Waals surface area (Å²) in [5.41, 5.74) is 1.80. The van der Waals surface area contributed by atoms with E-state index in [4.69, 9.17) is 9.47 Å². The molecule has 4 atom stereocenters. The van der Waals surface area contributed by atoms with Crippen molar-refractivity contribution < 1.29 is 24.2 Å². The number of amides is 2. The molecule has 1 aromatic rings. The molecule has 8 heteroatoms. The normalized spacial score (nSPS) is 28.9. The molecule has 2 amide bonds. The van der Waals surface area contributed by atoms with Crippen molar-refractivity contribution in [2.75, 3.05) is 38.1 Å². The third-order valence-electron chi connectivity index (χ3n) is 7.85. The lowest BCUT2D eigenvalue weighted by molar-refractivity contribution is -0.142. The van der Waals surface area contributed by atoms with Gasteiger partial charge in [0.05, 0.1) is 19.1 Å². The molecular formula is C26H37N3O5. The molecule has 0 radical (unpaired) electrons. The Morgan fingerprint density at radius 2 is 1.94 bits per heavy atom. The third kappa shape index (κ3) is 5.24. The monoisotopic (exact) mass is 471 g/mol. The van der Waals surface area contributed by atoms with E-state index >= 15 is 0 Å². The molecule has 3 heterocycles. The molecule has 1 saturated carbocycles. The van der Waals surface area contributed by atoms with Crippen LogP contribution in [0.4, 0.5) is 5.69 Å². The SMILES string of the molecule is O=C(C[C@H]1C[C@@H]2c3cc(NC(=O)C4CCC4)ccc3O[C@@H]2[C@@H](CO)O1)NCCN1CCCCC1. The molecule has 3 N–H and O–H groups in total. The van der Waals surface area contributed by atoms with Crippen LogP contribution in [0.3, 0.4) is 0 Å². The number of carbonyl (C=O) groups is 2. The van der Waals surface area contributed by atoms with Crippen molar-refractivity contribution in [3.8, 4) is 5.75 Å². The van der Waals surface area contributed by atoms with Gasteiger partial charge in [0.25, 0.3) is 0 Å². The molecule has 0 unspecified atom stereocenters. The number of nitrogens with zero attached hydrogens (tertiary/aromatic N) is 1. The Morgan fingerprint density at radius 1 is 1.12 bits per heavy atom. The van der Waals surface area contributed by atoms with Gasteiger partial charge in [0.15, 0.2) is 0 Å². The number of carbonyl (C=O) groups excluding carboxylic acids is 2. The highest BCUT2D eigenvalue weighted by atomic mass is 16.6. The van der Waals surface area contributed by atoms with Gasteiger partial charge < -0.3 is 30.1 Å². The number of ether oxygens (including phenoxy) is 2. The summed E-state index contributed by atoms with van der Waals surface area (Å²) >= 11 is 0. The molecule has 3 aliphatic heterocycles. The van der Waals surface area contributed by atoms with Crippen molar-refractivity contribution in [2.24, 2.45) is 5.92 Å². The van der Waals surface area contributed by atoms with Crippen LogP contribution in [0.15, 0.2) is 18.2 Å². The third-order valence-corrected chi connectivity index (χ3v) is 7.85. The van der Waals surface area contributed by atoms with E-state index in [-0.39, 0.29) is 48.9 Å². The van der Waals surface area contributed by atoms with Crippen LogP contribution in [0, 0.1) is 5.92 Å². The molecule has 1 aromatic carbocycles. The number of fused-ring (bicyclic) bond motifs is 3. The van der Waals surface area contributed by atoms with Gasteiger partial charge in [-0.2, -0.15) is 0 Å². The lowest BCUT2D eigenvalue weighted by Gasteiger charge is -2.37. The van der Waals surface area contributed by atoms with E-state index in [0.717, 1.165) is 55.9 Å². The van der Waals surface area contributed by atoms with Gasteiger partial charge in [-0.25, -0.2) is 0 Å². The predicted octanol–water partition coefficient (Wildman–Crippen LogP) is 2.41. The maximum absolute atomic E-state index is 12.6. The highest BCUT2D eigenvalue weighted by Crippen LogP contribution is 2.47. The molecule has 0 aromatic heterocycles. The van der Waals surface area contributed by atoms with Crippen LogP contribution in [0.25, 0.3) is 0 Å². The van der Waals surface area contributed by atoms with Crippen LogP contribution in [-0.4, -0.2) is 72.9 Å². The molecule has 0 spiro atoms. The zero-order chi connectivity index (χ0) is 23.5. The van der Waals surface area contributed by atoms with Crippen molar-refractivity contribution in [1.29, 1.82) is 0 Å². The number of hydrogen-bond donors (Lipinski definition) is 3. The smallest absolute Gasteiger partial charge is 0.227 e. The van der Waals surface area contributed by atoms with E-state index in [1.165, 1.54) is 19.3 Å². The van der Waals surface area contributed by atoms with E-state index in [0.29, 0.717) is 13.0 Å². The summed E-state index contributed by atoms with van der Waals surface area (Å²) in [6, 6.07) is 5.75. The topological polar surface area (TPSA) is 100 Å². The first kappa shape index (κ1) is 23.6. The van der Waals surface area contributed by atoms with Crippen molar-refractivity contribution in [3.63, 3.8) is 0 Å². The second-order valence-electron chi connectivity index (χ2n) is 10.2. The molecule has 8 nitrogen and oxygen atoms in total. The van der Waals surface area contributed by atoms with Crippen LogP contribution in [0.5, 0.6) is 5.75 Å². The van der Waals surface area contributed by atoms with Gasteiger partial charge in [-0.3, -0.25) is 9.59 Å². The number of anilines is 1. The summed E-state index contributed by atoms with van der Waals surface area (Å²) in [6.07, 6.45) is 6.70. The average Bonchev–Trinajstić information content (AvgIpc) is 3.16. The number of aliphatic hydroxyl groups excluding tert-OH is 1. The number of aliphatic hydroxyl groups is 1. The first-order chi connectivity index (χ1) is 16.6. The number of benzene rings is 1. The van der Waals surface area contributed by atoms with Gasteiger partial charge in [0, 0.05) is 36.2 Å². The second kappa shape index (κ2) is 10.6. The maximum Gasteiger partial charge on any atom is 0.227 e. The van der Waals surface area contributed by atoms with Gasteiger partial charge in [0.2, 0.25) is 11.8 Å². The highest BCUT2D eigenvalue weighted by molar-refractivity contribution is 5.93. The van der Waals surface area contributed by atoms with E-state index in [2.05, 4.69) is 15.5 Å². The summed E-state index contributed by atoms with van der Waals surface area (Å²) in [5, 5.41) is 16.0. The standard InChI is InChI=1S/C26H37N3O5/c30-16-23-25-21(14-19(33-23)15-24(31)27-9-12-29-10-2-1-3-11-29)20-13-18(7-8-22(20)34-25)28-26(32)17-5-4-6-17/h7-8,13,17,19,21,23,25,30H,1-6,9-12,14-16H2,(H,27,31)(H,28,32)/t19-,21-,23-,25+/m1/s1. The van der Waals surface area contributed by atoms with E-state index in [1.54, 1.807) is 0 Å². The fourth-order valence-electron chi connectivity index (χ4n) is 5.70. The van der Waals surface area contributed by atoms with Gasteiger partial charge in [-0.1, -0.05) is 12.8 Å². The molecule has 3 fully saturated rings. The zero-order valence-corrected chi connectivity index (χ0v) is 19.8. The molecule has 34 heavy (non-hydrogen) atoms. The minimum Gasteiger partial charge on any atom is -0.487 e. The van der Waals surface area contributed by atoms with Crippen LogP contribution in [0.1, 0.15) is 62.8 Å². The Kier molecular flexibility index (Phi) is 7.37. The summed E-state index contributed by atoms with van der Waals surface area (Å²) < 4.78 is 12.2. The van der Waals surface area contributed by atoms with Crippen LogP contribution < -0.4 is 15.4 Å². The maximum atomic E-state index is 12.6. The van der Waals surface area contributed by atoms with Gasteiger partial charge in [-0.05, 0) is 63.4 Å². The molecule has 186 valence electrons. The summed E-state index contributed by atoms with van der Waals surface area (Å²) in [4.78, 5) is 27.4. The van der Waals surface area contributed by atoms with Crippen LogP contribution in [0.2, 0.25) is 0 Å². The van der Waals surface area contributed by atoms with Crippen molar-refractivity contribution in [2.45, 2.75) is 75.6 Å². The van der Waals surface area contributed by atoms with Crippen LogP contribution in [-0.2, 0) is 14.3 Å². The minimum absolute atomic E-state index is 0.0159. The Balaban J connectivity index is 1.18. The Bertz CT molecular complexity index is 883. The van der Waals surface area contributed by atoms with Gasteiger partial charge >= 0.3 is 0 Å². The largest absolute Gasteiger partial charge is 0.487 e. The lowest BCUT2D eigenvalue weighted by Crippen LogP contribution is -2.47. The van der Waals surface area contributed by atoms with E-state index in [9.17, 15) is 14.7 Å². The zero-order valence-electron chi connectivity index (χ0n) is 19.8. The van der Waals surface area contributed by atoms with Crippen molar-refractivity contribution >= 4 is 17.5 Å². The lowest BCUT2D eigenvalue weighted by atomic mass is 9.83. The predicted molar refractivity (Wildman–Crippen MR) is 128 cm³/mol. The first-order valence-corrected chi connectivity index (χ1v) is 13.0. The van der Waals surface area contributed by atoms with E-state index < -0.39 is 6.10 Å². The number of hydrogen-bond acceptors (Lipinski definition) is 6. The highest BCUT2D eigenvalue weighted by Gasteiger charge is 2.46. The van der Waals surface area contributed by atoms with Crippen molar-refractivity contribution in [1.82, 2.24) is 10.2 Å². The quantitative estimate of drug-likeness (QED) is 0.539. The minimum atomic E-state index is -0.481. The Labute approximate surface area is 201 Å². The second-order valence-corrected chi connectivity index (χ2v) is 10.2. The summed E-state index contributed by atoms with van der Waals surface area (Å²) in [7, 11) is 0. The molecule has 0 bridgehead atoms. The molecule has 4 aliphatic rings. The fourth-order valence-corrected chi connectivity index (χ4v) is 5.70. The molecular weight excluding hydrogens is 434 g/mol. The Morgan fingerprint density at radius 3 is 2.68 bits per heavy atom. The molecule has 1 aliphatic carbocycles. The fraction of sp³-hybridized carbons (Fsp3) is 0.692. The number of likely N-dealkylation sites (tertiary alicyclic amines) is 1.